The van der Waals surface area contributed by atoms with Crippen molar-refractivity contribution in [3.05, 3.63) is 0 Å². The standard InChI is InChI=1S/C26H44O4.C2H6/c1-15(2)16(3)24(28)23(27)13-17-9-10-22-21-14-30-25(29)20-8-6-5-7-18(20)19(21)11-12-26(17,22)4;1-2/h15-24,27-28H,5-14H2,1-4H3;1-2H3/t16?,17?,18-,19?,20?,21?,22?,23?,24?,26?;/m0./s1. The molecule has 0 aromatic heterocycles. The molecule has 0 radical (unpaired) electrons. The van der Waals surface area contributed by atoms with Crippen molar-refractivity contribution in [2.24, 2.45) is 52.8 Å². The molecule has 4 fully saturated rings. The molecule has 1 aliphatic heterocycles. The Morgan fingerprint density at radius 3 is 2.34 bits per heavy atom. The van der Waals surface area contributed by atoms with Crippen LogP contribution in [0.25, 0.3) is 0 Å². The van der Waals surface area contributed by atoms with Crippen molar-refractivity contribution in [2.45, 2.75) is 112 Å². The first-order chi connectivity index (χ1) is 15.2. The Kier molecular flexibility index (Phi) is 8.74. The molecule has 0 aromatic carbocycles. The third-order valence-electron chi connectivity index (χ3n) is 10.3. The minimum Gasteiger partial charge on any atom is -0.465 e. The van der Waals surface area contributed by atoms with Gasteiger partial charge >= 0.3 is 5.97 Å². The van der Waals surface area contributed by atoms with E-state index in [0.717, 1.165) is 12.8 Å². The molecule has 186 valence electrons. The number of carbonyl (C=O) groups is 1. The number of ether oxygens (including phenoxy) is 1. The lowest BCUT2D eigenvalue weighted by atomic mass is 9.53. The molecule has 4 nitrogen and oxygen atoms in total. The maximum Gasteiger partial charge on any atom is 0.309 e. The summed E-state index contributed by atoms with van der Waals surface area (Å²) in [4.78, 5) is 12.7. The summed E-state index contributed by atoms with van der Waals surface area (Å²) in [5.41, 5.74) is 0.198. The van der Waals surface area contributed by atoms with E-state index < -0.39 is 12.2 Å². The highest BCUT2D eigenvalue weighted by molar-refractivity contribution is 5.73. The van der Waals surface area contributed by atoms with Crippen molar-refractivity contribution in [1.82, 2.24) is 0 Å². The van der Waals surface area contributed by atoms with Gasteiger partial charge in [0.1, 0.15) is 0 Å². The van der Waals surface area contributed by atoms with Crippen LogP contribution in [0.1, 0.15) is 99.3 Å². The number of hydrogen-bond donors (Lipinski definition) is 2. The van der Waals surface area contributed by atoms with Gasteiger partial charge in [0.2, 0.25) is 0 Å². The average Bonchev–Trinajstić information content (AvgIpc) is 3.05. The zero-order valence-electron chi connectivity index (χ0n) is 21.6. The quantitative estimate of drug-likeness (QED) is 0.517. The van der Waals surface area contributed by atoms with Crippen molar-refractivity contribution in [3.8, 4) is 0 Å². The Bertz CT molecular complexity index is 619. The first-order valence-corrected chi connectivity index (χ1v) is 13.8. The minimum atomic E-state index is -0.647. The van der Waals surface area contributed by atoms with Crippen LogP contribution in [0.15, 0.2) is 0 Å². The molecule has 0 bridgehead atoms. The highest BCUT2D eigenvalue weighted by atomic mass is 16.5. The minimum absolute atomic E-state index is 0.0755. The zero-order valence-corrected chi connectivity index (χ0v) is 21.6. The van der Waals surface area contributed by atoms with Crippen molar-refractivity contribution < 1.29 is 19.7 Å². The predicted octanol–water partition coefficient (Wildman–Crippen LogP) is 5.84. The van der Waals surface area contributed by atoms with Crippen LogP contribution in [0.2, 0.25) is 0 Å². The van der Waals surface area contributed by atoms with Gasteiger partial charge in [0.05, 0.1) is 24.7 Å². The summed E-state index contributed by atoms with van der Waals surface area (Å²) in [6, 6.07) is 0. The van der Waals surface area contributed by atoms with Gasteiger partial charge in [-0.25, -0.2) is 0 Å². The van der Waals surface area contributed by atoms with Gasteiger partial charge in [0.15, 0.2) is 0 Å². The molecule has 9 unspecified atom stereocenters. The fourth-order valence-electron chi connectivity index (χ4n) is 8.01. The molecule has 0 spiro atoms. The lowest BCUT2D eigenvalue weighted by molar-refractivity contribution is -0.150. The van der Waals surface area contributed by atoms with Crippen molar-refractivity contribution in [2.75, 3.05) is 6.61 Å². The van der Waals surface area contributed by atoms with E-state index in [1.807, 2.05) is 20.8 Å². The fraction of sp³-hybridized carbons (Fsp3) is 0.964. The summed E-state index contributed by atoms with van der Waals surface area (Å²) in [5, 5.41) is 21.5. The van der Waals surface area contributed by atoms with Gasteiger partial charge in [-0.15, -0.1) is 0 Å². The van der Waals surface area contributed by atoms with E-state index in [2.05, 4.69) is 20.8 Å². The Labute approximate surface area is 196 Å². The number of aliphatic hydroxyl groups is 2. The SMILES string of the molecule is CC.CC(C)C(C)C(O)C(O)CC1CCC2C3COC(=O)C4CCCC[C@H]4C3CCC12C. The van der Waals surface area contributed by atoms with Gasteiger partial charge in [-0.2, -0.15) is 0 Å². The second-order valence-corrected chi connectivity index (χ2v) is 11.8. The van der Waals surface area contributed by atoms with Gasteiger partial charge in [-0.05, 0) is 91.8 Å². The van der Waals surface area contributed by atoms with Crippen LogP contribution in [0.5, 0.6) is 0 Å². The predicted molar refractivity (Wildman–Crippen MR) is 129 cm³/mol. The smallest absolute Gasteiger partial charge is 0.309 e. The number of hydrogen-bond acceptors (Lipinski definition) is 4. The first-order valence-electron chi connectivity index (χ1n) is 13.8. The molecule has 1 saturated heterocycles. The third kappa shape index (κ3) is 4.78. The summed E-state index contributed by atoms with van der Waals surface area (Å²) < 4.78 is 5.88. The molecule has 1 heterocycles. The van der Waals surface area contributed by atoms with E-state index in [-0.39, 0.29) is 23.2 Å². The van der Waals surface area contributed by atoms with Crippen LogP contribution >= 0.6 is 0 Å². The highest BCUT2D eigenvalue weighted by Crippen LogP contribution is 2.62. The van der Waals surface area contributed by atoms with E-state index >= 15 is 0 Å². The lowest BCUT2D eigenvalue weighted by Gasteiger charge is -2.51. The van der Waals surface area contributed by atoms with Crippen LogP contribution < -0.4 is 0 Å². The Hall–Kier alpha value is -0.610. The van der Waals surface area contributed by atoms with Crippen LogP contribution in [0.4, 0.5) is 0 Å². The number of fused-ring (bicyclic) bond motifs is 5. The van der Waals surface area contributed by atoms with Crippen LogP contribution in [-0.4, -0.2) is 35.0 Å². The van der Waals surface area contributed by atoms with Gasteiger partial charge in [0, 0.05) is 0 Å². The number of carbonyl (C=O) groups excluding carboxylic acids is 1. The number of esters is 1. The normalized spacial score (nSPS) is 41.7. The molecule has 3 aliphatic carbocycles. The summed E-state index contributed by atoms with van der Waals surface area (Å²) >= 11 is 0. The van der Waals surface area contributed by atoms with E-state index in [9.17, 15) is 15.0 Å². The number of cyclic esters (lactones) is 1. The fourth-order valence-corrected chi connectivity index (χ4v) is 8.01. The molecular formula is C28H50O4. The second kappa shape index (κ2) is 10.8. The molecule has 4 heteroatoms. The maximum atomic E-state index is 12.7. The molecule has 4 aliphatic rings. The van der Waals surface area contributed by atoms with E-state index in [0.29, 0.717) is 48.5 Å². The van der Waals surface area contributed by atoms with Crippen LogP contribution in [0.3, 0.4) is 0 Å². The summed E-state index contributed by atoms with van der Waals surface area (Å²) in [7, 11) is 0. The van der Waals surface area contributed by atoms with E-state index in [1.54, 1.807) is 0 Å². The second-order valence-electron chi connectivity index (χ2n) is 11.8. The third-order valence-corrected chi connectivity index (χ3v) is 10.3. The molecular weight excluding hydrogens is 400 g/mol. The highest BCUT2D eigenvalue weighted by Gasteiger charge is 2.57. The maximum absolute atomic E-state index is 12.7. The van der Waals surface area contributed by atoms with E-state index in [1.165, 1.54) is 38.5 Å². The monoisotopic (exact) mass is 450 g/mol. The van der Waals surface area contributed by atoms with Crippen molar-refractivity contribution >= 4 is 5.97 Å². The van der Waals surface area contributed by atoms with Crippen LogP contribution in [0, 0.1) is 52.8 Å². The topological polar surface area (TPSA) is 66.8 Å². The molecule has 3 saturated carbocycles. The number of rotatable bonds is 5. The van der Waals surface area contributed by atoms with Gasteiger partial charge in [-0.1, -0.05) is 54.4 Å². The van der Waals surface area contributed by atoms with Crippen molar-refractivity contribution in [3.63, 3.8) is 0 Å². The molecule has 32 heavy (non-hydrogen) atoms. The number of aliphatic hydroxyl groups excluding tert-OH is 2. The average molecular weight is 451 g/mol. The molecule has 2 N–H and O–H groups in total. The van der Waals surface area contributed by atoms with Gasteiger partial charge < -0.3 is 14.9 Å². The lowest BCUT2D eigenvalue weighted by Crippen LogP contribution is -2.46. The molecule has 10 atom stereocenters. The molecule has 0 amide bonds. The Morgan fingerprint density at radius 2 is 1.66 bits per heavy atom. The summed E-state index contributed by atoms with van der Waals surface area (Å²) in [6.07, 6.45) is 8.78. The van der Waals surface area contributed by atoms with Crippen LogP contribution in [-0.2, 0) is 9.53 Å². The van der Waals surface area contributed by atoms with Crippen molar-refractivity contribution in [1.29, 1.82) is 0 Å². The van der Waals surface area contributed by atoms with Gasteiger partial charge in [-0.3, -0.25) is 4.79 Å². The Balaban J connectivity index is 0.00000141. The van der Waals surface area contributed by atoms with Gasteiger partial charge in [0.25, 0.3) is 0 Å². The molecule has 4 rings (SSSR count). The Morgan fingerprint density at radius 1 is 0.969 bits per heavy atom. The largest absolute Gasteiger partial charge is 0.465 e. The molecule has 0 aromatic rings. The zero-order chi connectivity index (χ0) is 23.6. The summed E-state index contributed by atoms with van der Waals surface area (Å²) in [6.45, 7) is 13.3. The first kappa shape index (κ1) is 26.0. The van der Waals surface area contributed by atoms with E-state index in [4.69, 9.17) is 4.74 Å². The summed E-state index contributed by atoms with van der Waals surface area (Å²) in [5.74, 6) is 3.37.